The Balaban J connectivity index is 3.22. The molecule has 1 rings (SSSR count). The summed E-state index contributed by atoms with van der Waals surface area (Å²) in [6.45, 7) is 1.68. The average Bonchev–Trinajstić information content (AvgIpc) is 2.10. The Kier molecular flexibility index (Phi) is 3.23. The van der Waals surface area contributed by atoms with Gasteiger partial charge in [0, 0.05) is 10.0 Å². The van der Waals surface area contributed by atoms with Crippen molar-refractivity contribution in [3.05, 3.63) is 33.5 Å². The Labute approximate surface area is 88.3 Å². The van der Waals surface area contributed by atoms with Gasteiger partial charge in [0.25, 0.3) is 0 Å². The van der Waals surface area contributed by atoms with Crippen molar-refractivity contribution >= 4 is 21.9 Å². The van der Waals surface area contributed by atoms with E-state index in [0.29, 0.717) is 10.0 Å². The molecule has 3 nitrogen and oxygen atoms in total. The second-order valence-electron chi connectivity index (χ2n) is 2.86. The topological polar surface area (TPSA) is 57.5 Å². The molecule has 2 N–H and O–H groups in total. The molecule has 0 saturated carbocycles. The maximum Gasteiger partial charge on any atom is 0.337 e. The quantitative estimate of drug-likeness (QED) is 0.858. The van der Waals surface area contributed by atoms with Crippen LogP contribution in [0.25, 0.3) is 0 Å². The van der Waals surface area contributed by atoms with Crippen LogP contribution < -0.4 is 0 Å². The lowest BCUT2D eigenvalue weighted by molar-refractivity contribution is -0.147. The predicted molar refractivity (Wildman–Crippen MR) is 51.4 cm³/mol. The lowest BCUT2D eigenvalue weighted by Gasteiger charge is -2.09. The number of rotatable bonds is 2. The first-order valence-corrected chi connectivity index (χ1v) is 4.59. The first-order valence-electron chi connectivity index (χ1n) is 3.80. The Bertz CT molecular complexity index is 379. The minimum Gasteiger partial charge on any atom is -0.479 e. The van der Waals surface area contributed by atoms with Crippen LogP contribution in [0, 0.1) is 12.7 Å². The van der Waals surface area contributed by atoms with Gasteiger partial charge in [-0.1, -0.05) is 15.9 Å². The maximum atomic E-state index is 13.2. The molecule has 0 amide bonds. The highest BCUT2D eigenvalue weighted by Gasteiger charge is 2.20. The smallest absolute Gasteiger partial charge is 0.337 e. The Hall–Kier alpha value is -0.940. The van der Waals surface area contributed by atoms with Crippen LogP contribution in [0.5, 0.6) is 0 Å². The van der Waals surface area contributed by atoms with Crippen molar-refractivity contribution in [1.82, 2.24) is 0 Å². The van der Waals surface area contributed by atoms with Crippen LogP contribution in [0.15, 0.2) is 16.6 Å². The largest absolute Gasteiger partial charge is 0.479 e. The van der Waals surface area contributed by atoms with E-state index in [0.717, 1.165) is 6.07 Å². The molecule has 0 fully saturated rings. The van der Waals surface area contributed by atoms with E-state index in [9.17, 15) is 9.18 Å². The molecule has 1 unspecified atom stereocenters. The number of benzene rings is 1. The van der Waals surface area contributed by atoms with Gasteiger partial charge in [0.1, 0.15) is 5.82 Å². The van der Waals surface area contributed by atoms with Crippen molar-refractivity contribution in [2.24, 2.45) is 0 Å². The molecule has 1 atom stereocenters. The highest BCUT2D eigenvalue weighted by atomic mass is 79.9. The van der Waals surface area contributed by atoms with E-state index in [4.69, 9.17) is 10.2 Å². The van der Waals surface area contributed by atoms with E-state index in [1.807, 2.05) is 0 Å². The zero-order valence-corrected chi connectivity index (χ0v) is 8.88. The minimum absolute atomic E-state index is 0.224. The highest BCUT2D eigenvalue weighted by molar-refractivity contribution is 9.10. The zero-order valence-electron chi connectivity index (χ0n) is 7.29. The van der Waals surface area contributed by atoms with Crippen molar-refractivity contribution in [1.29, 1.82) is 0 Å². The number of hydrogen-bond acceptors (Lipinski definition) is 2. The molecule has 0 bridgehead atoms. The third-order valence-corrected chi connectivity index (χ3v) is 2.66. The third kappa shape index (κ3) is 2.10. The molecule has 76 valence electrons. The van der Waals surface area contributed by atoms with Gasteiger partial charge in [0.2, 0.25) is 0 Å². The molecule has 5 heteroatoms. The summed E-state index contributed by atoms with van der Waals surface area (Å²) >= 11 is 3.10. The molecule has 0 aliphatic rings. The van der Waals surface area contributed by atoms with Crippen LogP contribution in [0.4, 0.5) is 4.39 Å². The molecule has 1 aromatic rings. The Morgan fingerprint density at radius 1 is 1.57 bits per heavy atom. The Morgan fingerprint density at radius 2 is 2.14 bits per heavy atom. The average molecular weight is 263 g/mol. The highest BCUT2D eigenvalue weighted by Crippen LogP contribution is 2.24. The van der Waals surface area contributed by atoms with Crippen molar-refractivity contribution in [2.75, 3.05) is 0 Å². The van der Waals surface area contributed by atoms with Gasteiger partial charge in [-0.2, -0.15) is 0 Å². The van der Waals surface area contributed by atoms with E-state index in [1.165, 1.54) is 6.07 Å². The Morgan fingerprint density at radius 3 is 2.64 bits per heavy atom. The second kappa shape index (κ2) is 4.06. The van der Waals surface area contributed by atoms with Crippen molar-refractivity contribution in [2.45, 2.75) is 13.0 Å². The number of hydrogen-bond donors (Lipinski definition) is 2. The third-order valence-electron chi connectivity index (χ3n) is 1.81. The van der Waals surface area contributed by atoms with Gasteiger partial charge in [0.05, 0.1) is 0 Å². The summed E-state index contributed by atoms with van der Waals surface area (Å²) < 4.78 is 13.7. The SMILES string of the molecule is Cc1cc(C(O)C(=O)O)c(F)cc1Br. The molecule has 0 aliphatic heterocycles. The maximum absolute atomic E-state index is 13.2. The van der Waals surface area contributed by atoms with Crippen molar-refractivity contribution in [3.63, 3.8) is 0 Å². The molecular formula is C9H8BrFO3. The summed E-state index contributed by atoms with van der Waals surface area (Å²) in [7, 11) is 0. The summed E-state index contributed by atoms with van der Waals surface area (Å²) in [4.78, 5) is 10.4. The molecule has 0 radical (unpaired) electrons. The van der Waals surface area contributed by atoms with E-state index >= 15 is 0 Å². The summed E-state index contributed by atoms with van der Waals surface area (Å²) in [5.74, 6) is -2.21. The first kappa shape index (κ1) is 11.1. The number of aliphatic hydroxyl groups excluding tert-OH is 1. The predicted octanol–water partition coefficient (Wildman–Crippen LogP) is 2.01. The summed E-state index contributed by atoms with van der Waals surface area (Å²) in [5, 5.41) is 17.6. The molecule has 0 aromatic heterocycles. The zero-order chi connectivity index (χ0) is 10.9. The van der Waals surface area contributed by atoms with Crippen LogP contribution in [0.2, 0.25) is 0 Å². The van der Waals surface area contributed by atoms with E-state index in [-0.39, 0.29) is 5.56 Å². The molecule has 0 aliphatic carbocycles. The van der Waals surface area contributed by atoms with Gasteiger partial charge in [-0.25, -0.2) is 9.18 Å². The normalized spacial score (nSPS) is 12.6. The van der Waals surface area contributed by atoms with Gasteiger partial charge >= 0.3 is 5.97 Å². The fourth-order valence-electron chi connectivity index (χ4n) is 1.02. The van der Waals surface area contributed by atoms with Crippen LogP contribution in [-0.2, 0) is 4.79 Å². The molecule has 1 aromatic carbocycles. The number of halogens is 2. The second-order valence-corrected chi connectivity index (χ2v) is 3.72. The standard InChI is InChI=1S/C9H8BrFO3/c1-4-2-5(8(12)9(13)14)7(11)3-6(4)10/h2-3,8,12H,1H3,(H,13,14). The van der Waals surface area contributed by atoms with Crippen LogP contribution in [-0.4, -0.2) is 16.2 Å². The molecule has 14 heavy (non-hydrogen) atoms. The molecule has 0 spiro atoms. The monoisotopic (exact) mass is 262 g/mol. The summed E-state index contributed by atoms with van der Waals surface area (Å²) in [6.07, 6.45) is -1.82. The number of aliphatic carboxylic acids is 1. The number of aliphatic hydroxyl groups is 1. The van der Waals surface area contributed by atoms with Crippen LogP contribution >= 0.6 is 15.9 Å². The number of carbonyl (C=O) groups is 1. The van der Waals surface area contributed by atoms with Gasteiger partial charge < -0.3 is 10.2 Å². The lowest BCUT2D eigenvalue weighted by Crippen LogP contribution is -2.12. The number of aryl methyl sites for hydroxylation is 1. The van der Waals surface area contributed by atoms with Gasteiger partial charge in [-0.05, 0) is 24.6 Å². The van der Waals surface area contributed by atoms with E-state index in [2.05, 4.69) is 15.9 Å². The van der Waals surface area contributed by atoms with Crippen molar-refractivity contribution < 1.29 is 19.4 Å². The fourth-order valence-corrected chi connectivity index (χ4v) is 1.34. The van der Waals surface area contributed by atoms with Crippen molar-refractivity contribution in [3.8, 4) is 0 Å². The van der Waals surface area contributed by atoms with Gasteiger partial charge in [0.15, 0.2) is 6.10 Å². The summed E-state index contributed by atoms with van der Waals surface area (Å²) in [5.41, 5.74) is 0.444. The number of carboxylic acids is 1. The lowest BCUT2D eigenvalue weighted by atomic mass is 10.1. The number of carboxylic acid groups (broad SMARTS) is 1. The summed E-state index contributed by atoms with van der Waals surface area (Å²) in [6, 6.07) is 2.44. The first-order chi connectivity index (χ1) is 6.43. The molecular weight excluding hydrogens is 255 g/mol. The van der Waals surface area contributed by atoms with Crippen LogP contribution in [0.1, 0.15) is 17.2 Å². The fraction of sp³-hybridized carbons (Fsp3) is 0.222. The van der Waals surface area contributed by atoms with Gasteiger partial charge in [-0.15, -0.1) is 0 Å². The van der Waals surface area contributed by atoms with Gasteiger partial charge in [-0.3, -0.25) is 0 Å². The molecule has 0 saturated heterocycles. The van der Waals surface area contributed by atoms with E-state index < -0.39 is 17.9 Å². The molecule has 0 heterocycles. The van der Waals surface area contributed by atoms with Crippen LogP contribution in [0.3, 0.4) is 0 Å². The van der Waals surface area contributed by atoms with E-state index in [1.54, 1.807) is 6.92 Å². The minimum atomic E-state index is -1.82.